The van der Waals surface area contributed by atoms with Crippen LogP contribution in [0.1, 0.15) is 5.69 Å². The third-order valence-electron chi connectivity index (χ3n) is 2.65. The second-order valence-corrected chi connectivity index (χ2v) is 4.20. The predicted molar refractivity (Wildman–Crippen MR) is 69.7 cm³/mol. The van der Waals surface area contributed by atoms with E-state index >= 15 is 0 Å². The van der Waals surface area contributed by atoms with Crippen molar-refractivity contribution >= 4 is 17.9 Å². The van der Waals surface area contributed by atoms with E-state index in [4.69, 9.17) is 12.2 Å². The molecule has 2 rings (SSSR count). The van der Waals surface area contributed by atoms with Gasteiger partial charge in [-0.25, -0.2) is 0 Å². The molecule has 0 aliphatic rings. The van der Waals surface area contributed by atoms with Gasteiger partial charge in [-0.05, 0) is 25.1 Å². The second kappa shape index (κ2) is 4.58. The number of aromatic nitrogens is 1. The number of pyridine rings is 1. The van der Waals surface area contributed by atoms with Gasteiger partial charge in [0, 0.05) is 24.0 Å². The van der Waals surface area contributed by atoms with E-state index < -0.39 is 4.92 Å². The number of aromatic hydroxyl groups is 1. The standard InChI is InChI=1S/C12H10N2O3S/c1-8-12(15)11(18)6-7-13(8)9-2-4-10(5-3-9)14(16)17/h2-7,15H,1H3. The molecule has 1 N–H and O–H groups in total. The van der Waals surface area contributed by atoms with Gasteiger partial charge in [-0.2, -0.15) is 0 Å². The molecule has 0 atom stereocenters. The van der Waals surface area contributed by atoms with Crippen molar-refractivity contribution in [2.45, 2.75) is 6.92 Å². The summed E-state index contributed by atoms with van der Waals surface area (Å²) in [5.41, 5.74) is 1.35. The summed E-state index contributed by atoms with van der Waals surface area (Å²) in [4.78, 5) is 10.1. The topological polar surface area (TPSA) is 68.3 Å². The van der Waals surface area contributed by atoms with Gasteiger partial charge >= 0.3 is 0 Å². The number of nitro groups is 1. The molecule has 0 unspecified atom stereocenters. The summed E-state index contributed by atoms with van der Waals surface area (Å²) < 4.78 is 2.10. The van der Waals surface area contributed by atoms with Crippen LogP contribution in [0.25, 0.3) is 5.69 Å². The number of nitrogens with zero attached hydrogens (tertiary/aromatic N) is 2. The van der Waals surface area contributed by atoms with Crippen molar-refractivity contribution in [3.63, 3.8) is 0 Å². The lowest BCUT2D eigenvalue weighted by molar-refractivity contribution is -0.384. The van der Waals surface area contributed by atoms with Crippen molar-refractivity contribution < 1.29 is 10.0 Å². The van der Waals surface area contributed by atoms with Crippen molar-refractivity contribution in [1.29, 1.82) is 0 Å². The van der Waals surface area contributed by atoms with Gasteiger partial charge in [-0.15, -0.1) is 0 Å². The summed E-state index contributed by atoms with van der Waals surface area (Å²) >= 11 is 4.95. The predicted octanol–water partition coefficient (Wildman–Crippen LogP) is 3.13. The van der Waals surface area contributed by atoms with Crippen LogP contribution in [0.5, 0.6) is 5.75 Å². The molecule has 6 heteroatoms. The Bertz CT molecular complexity index is 662. The number of benzene rings is 1. The molecule has 92 valence electrons. The van der Waals surface area contributed by atoms with Crippen molar-refractivity contribution in [2.75, 3.05) is 0 Å². The van der Waals surface area contributed by atoms with Crippen LogP contribution in [0, 0.1) is 21.5 Å². The Labute approximate surface area is 108 Å². The van der Waals surface area contributed by atoms with Gasteiger partial charge in [0.15, 0.2) is 5.75 Å². The summed E-state index contributed by atoms with van der Waals surface area (Å²) in [7, 11) is 0. The minimum atomic E-state index is -0.453. The zero-order valence-corrected chi connectivity index (χ0v) is 10.3. The minimum Gasteiger partial charge on any atom is -0.505 e. The van der Waals surface area contributed by atoms with E-state index in [1.54, 1.807) is 35.9 Å². The van der Waals surface area contributed by atoms with Gasteiger partial charge in [0.05, 0.1) is 15.1 Å². The summed E-state index contributed by atoms with van der Waals surface area (Å²) in [5, 5.41) is 20.3. The van der Waals surface area contributed by atoms with Gasteiger partial charge in [0.1, 0.15) is 0 Å². The SMILES string of the molecule is Cc1c(O)c(=S)ccn1-c1ccc([N+](=O)[O-])cc1. The zero-order valence-electron chi connectivity index (χ0n) is 9.53. The molecular weight excluding hydrogens is 252 g/mol. The van der Waals surface area contributed by atoms with Gasteiger partial charge < -0.3 is 9.67 Å². The Hall–Kier alpha value is -2.21. The van der Waals surface area contributed by atoms with Gasteiger partial charge in [0.25, 0.3) is 5.69 Å². The minimum absolute atomic E-state index is 0.0288. The maximum atomic E-state index is 10.6. The highest BCUT2D eigenvalue weighted by Crippen LogP contribution is 2.22. The molecule has 0 saturated carbocycles. The molecule has 5 nitrogen and oxygen atoms in total. The number of rotatable bonds is 2. The lowest BCUT2D eigenvalue weighted by atomic mass is 10.2. The van der Waals surface area contributed by atoms with Crippen LogP contribution in [0.2, 0.25) is 0 Å². The Morgan fingerprint density at radius 1 is 1.28 bits per heavy atom. The van der Waals surface area contributed by atoms with Crippen LogP contribution in [-0.4, -0.2) is 14.6 Å². The molecule has 0 aliphatic carbocycles. The average molecular weight is 262 g/mol. The number of hydrogen-bond acceptors (Lipinski definition) is 4. The molecule has 18 heavy (non-hydrogen) atoms. The lowest BCUT2D eigenvalue weighted by Crippen LogP contribution is -2.00. The van der Waals surface area contributed by atoms with E-state index in [1.807, 2.05) is 0 Å². The maximum absolute atomic E-state index is 10.6. The van der Waals surface area contributed by atoms with Crippen molar-refractivity contribution in [3.8, 4) is 11.4 Å². The van der Waals surface area contributed by atoms with Gasteiger partial charge in [-0.1, -0.05) is 12.2 Å². The van der Waals surface area contributed by atoms with Crippen molar-refractivity contribution in [1.82, 2.24) is 4.57 Å². The largest absolute Gasteiger partial charge is 0.505 e. The molecule has 0 bridgehead atoms. The van der Waals surface area contributed by atoms with Crippen LogP contribution < -0.4 is 0 Å². The lowest BCUT2D eigenvalue weighted by Gasteiger charge is -2.11. The fourth-order valence-corrected chi connectivity index (χ4v) is 1.85. The molecule has 2 aromatic rings. The summed E-state index contributed by atoms with van der Waals surface area (Å²) in [6, 6.07) is 7.68. The molecule has 0 fully saturated rings. The average Bonchev–Trinajstić information content (AvgIpc) is 2.36. The number of non-ortho nitro benzene ring substituents is 1. The van der Waals surface area contributed by atoms with Crippen LogP contribution in [0.3, 0.4) is 0 Å². The van der Waals surface area contributed by atoms with E-state index in [0.29, 0.717) is 10.2 Å². The van der Waals surface area contributed by atoms with Crippen molar-refractivity contribution in [2.24, 2.45) is 0 Å². The van der Waals surface area contributed by atoms with Crippen molar-refractivity contribution in [3.05, 3.63) is 56.8 Å². The van der Waals surface area contributed by atoms with Crippen LogP contribution in [0.4, 0.5) is 5.69 Å². The maximum Gasteiger partial charge on any atom is 0.269 e. The highest BCUT2D eigenvalue weighted by Gasteiger charge is 2.07. The van der Waals surface area contributed by atoms with E-state index in [-0.39, 0.29) is 11.4 Å². The normalized spacial score (nSPS) is 10.3. The first-order chi connectivity index (χ1) is 8.50. The molecule has 0 saturated heterocycles. The summed E-state index contributed by atoms with van der Waals surface area (Å²) in [6.45, 7) is 1.73. The molecule has 1 aromatic carbocycles. The molecule has 0 radical (unpaired) electrons. The third-order valence-corrected chi connectivity index (χ3v) is 2.98. The third kappa shape index (κ3) is 2.10. The summed E-state index contributed by atoms with van der Waals surface area (Å²) in [6.07, 6.45) is 1.72. The summed E-state index contributed by atoms with van der Waals surface area (Å²) in [5.74, 6) is 0.0471. The van der Waals surface area contributed by atoms with Gasteiger partial charge in [-0.3, -0.25) is 10.1 Å². The van der Waals surface area contributed by atoms with Crippen LogP contribution in [0.15, 0.2) is 36.5 Å². The first kappa shape index (κ1) is 12.3. The highest BCUT2D eigenvalue weighted by molar-refractivity contribution is 7.71. The fraction of sp³-hybridized carbons (Fsp3) is 0.0833. The van der Waals surface area contributed by atoms with Crippen LogP contribution >= 0.6 is 12.2 Å². The molecule has 0 aliphatic heterocycles. The van der Waals surface area contributed by atoms with E-state index in [2.05, 4.69) is 0 Å². The van der Waals surface area contributed by atoms with E-state index in [0.717, 1.165) is 5.69 Å². The fourth-order valence-electron chi connectivity index (χ4n) is 1.64. The number of hydrogen-bond donors (Lipinski definition) is 1. The Balaban J connectivity index is 2.53. The highest BCUT2D eigenvalue weighted by atomic mass is 32.1. The Kier molecular flexibility index (Phi) is 3.12. The van der Waals surface area contributed by atoms with Crippen LogP contribution in [-0.2, 0) is 0 Å². The monoisotopic (exact) mass is 262 g/mol. The Morgan fingerprint density at radius 2 is 1.89 bits per heavy atom. The Morgan fingerprint density at radius 3 is 2.44 bits per heavy atom. The van der Waals surface area contributed by atoms with E-state index in [9.17, 15) is 15.2 Å². The molecule has 1 heterocycles. The zero-order chi connectivity index (χ0) is 13.3. The second-order valence-electron chi connectivity index (χ2n) is 3.76. The number of nitro benzene ring substituents is 1. The first-order valence-corrected chi connectivity index (χ1v) is 5.57. The smallest absolute Gasteiger partial charge is 0.269 e. The quantitative estimate of drug-likeness (QED) is 0.513. The molecule has 0 amide bonds. The molecule has 1 aromatic heterocycles. The van der Waals surface area contributed by atoms with E-state index in [1.165, 1.54) is 12.1 Å². The molecular formula is C12H10N2O3S. The van der Waals surface area contributed by atoms with Gasteiger partial charge in [0.2, 0.25) is 0 Å². The first-order valence-electron chi connectivity index (χ1n) is 5.17. The molecule has 0 spiro atoms.